The van der Waals surface area contributed by atoms with Crippen LogP contribution in [0.1, 0.15) is 29.0 Å². The highest BCUT2D eigenvalue weighted by molar-refractivity contribution is 7.15. The number of carboxylic acid groups (broad SMARTS) is 1. The van der Waals surface area contributed by atoms with Crippen LogP contribution in [0.5, 0.6) is 0 Å². The molecule has 25 heavy (non-hydrogen) atoms. The molecule has 0 saturated carbocycles. The molecular weight excluding hydrogens is 340 g/mol. The number of nitrogens with zero attached hydrogens (tertiary/aromatic N) is 3. The van der Waals surface area contributed by atoms with Crippen molar-refractivity contribution in [2.75, 3.05) is 18.4 Å². The summed E-state index contributed by atoms with van der Waals surface area (Å²) < 4.78 is 0. The maximum Gasteiger partial charge on any atom is 0.323 e. The second kappa shape index (κ2) is 7.60. The number of aryl methyl sites for hydroxylation is 1. The number of benzene rings is 1. The Bertz CT molecular complexity index is 760. The van der Waals surface area contributed by atoms with Crippen LogP contribution in [0.2, 0.25) is 0 Å². The summed E-state index contributed by atoms with van der Waals surface area (Å²) in [7, 11) is 0. The van der Waals surface area contributed by atoms with Gasteiger partial charge in [0.25, 0.3) is 0 Å². The number of urea groups is 1. The zero-order valence-corrected chi connectivity index (χ0v) is 14.8. The Morgan fingerprint density at radius 3 is 2.80 bits per heavy atom. The van der Waals surface area contributed by atoms with E-state index in [2.05, 4.69) is 27.6 Å². The quantitative estimate of drug-likeness (QED) is 0.874. The van der Waals surface area contributed by atoms with Gasteiger partial charge in [0.1, 0.15) is 5.01 Å². The molecule has 1 unspecified atom stereocenters. The molecule has 0 aliphatic carbocycles. The summed E-state index contributed by atoms with van der Waals surface area (Å²) in [6.07, 6.45) is 1.97. The first-order valence-corrected chi connectivity index (χ1v) is 8.99. The van der Waals surface area contributed by atoms with Crippen molar-refractivity contribution in [1.82, 2.24) is 15.1 Å². The Morgan fingerprint density at radius 2 is 2.08 bits per heavy atom. The van der Waals surface area contributed by atoms with Gasteiger partial charge in [-0.25, -0.2) is 4.79 Å². The minimum absolute atomic E-state index is 0.232. The van der Waals surface area contributed by atoms with Gasteiger partial charge in [0.2, 0.25) is 5.13 Å². The molecule has 1 aromatic heterocycles. The molecule has 0 spiro atoms. The summed E-state index contributed by atoms with van der Waals surface area (Å²) in [5.74, 6) is -1.35. The molecule has 1 aliphatic rings. The number of carbonyl (C=O) groups excluding carboxylic acids is 1. The van der Waals surface area contributed by atoms with Crippen LogP contribution in [-0.4, -0.2) is 45.3 Å². The van der Waals surface area contributed by atoms with E-state index < -0.39 is 11.9 Å². The van der Waals surface area contributed by atoms with Crippen molar-refractivity contribution in [2.45, 2.75) is 26.2 Å². The Kier molecular flexibility index (Phi) is 5.28. The van der Waals surface area contributed by atoms with Gasteiger partial charge in [0.15, 0.2) is 0 Å². The monoisotopic (exact) mass is 360 g/mol. The van der Waals surface area contributed by atoms with Gasteiger partial charge in [0.05, 0.1) is 5.92 Å². The van der Waals surface area contributed by atoms with E-state index >= 15 is 0 Å². The third kappa shape index (κ3) is 4.54. The predicted octanol–water partition coefficient (Wildman–Crippen LogP) is 2.77. The highest BCUT2D eigenvalue weighted by Crippen LogP contribution is 2.21. The second-order valence-corrected chi connectivity index (χ2v) is 7.28. The molecule has 3 rings (SSSR count). The van der Waals surface area contributed by atoms with Gasteiger partial charge in [0, 0.05) is 19.5 Å². The standard InChI is InChI=1S/C17H20N4O3S/c1-11-4-6-12(7-5-11)9-14-19-20-16(25-14)18-17(24)21-8-2-3-13(10-21)15(22)23/h4-7,13H,2-3,8-10H2,1H3,(H,22,23)(H,18,20,24). The number of anilines is 1. The van der Waals surface area contributed by atoms with Crippen LogP contribution in [0, 0.1) is 12.8 Å². The Morgan fingerprint density at radius 1 is 1.32 bits per heavy atom. The summed E-state index contributed by atoms with van der Waals surface area (Å²) in [5, 5.41) is 21.2. The van der Waals surface area contributed by atoms with Gasteiger partial charge < -0.3 is 10.0 Å². The lowest BCUT2D eigenvalue weighted by molar-refractivity contribution is -0.143. The third-order valence-corrected chi connectivity index (χ3v) is 5.05. The molecule has 1 aromatic carbocycles. The van der Waals surface area contributed by atoms with E-state index in [1.165, 1.54) is 21.8 Å². The molecule has 2 heterocycles. The number of aromatic nitrogens is 2. The van der Waals surface area contributed by atoms with Crippen molar-refractivity contribution >= 4 is 28.5 Å². The van der Waals surface area contributed by atoms with Crippen molar-refractivity contribution in [3.8, 4) is 0 Å². The smallest absolute Gasteiger partial charge is 0.323 e. The topological polar surface area (TPSA) is 95.4 Å². The predicted molar refractivity (Wildman–Crippen MR) is 94.8 cm³/mol. The van der Waals surface area contributed by atoms with Crippen LogP contribution in [0.15, 0.2) is 24.3 Å². The van der Waals surface area contributed by atoms with Gasteiger partial charge in [-0.15, -0.1) is 10.2 Å². The Balaban J connectivity index is 1.58. The summed E-state index contributed by atoms with van der Waals surface area (Å²) in [6, 6.07) is 7.88. The number of carboxylic acids is 1. The molecule has 132 valence electrons. The average Bonchev–Trinajstić information content (AvgIpc) is 3.04. The number of carbonyl (C=O) groups is 2. The normalized spacial score (nSPS) is 17.3. The van der Waals surface area contributed by atoms with Gasteiger partial charge in [-0.3, -0.25) is 10.1 Å². The summed E-state index contributed by atoms with van der Waals surface area (Å²) in [4.78, 5) is 24.9. The fraction of sp³-hybridized carbons (Fsp3) is 0.412. The molecule has 2 N–H and O–H groups in total. The number of likely N-dealkylation sites (tertiary alicyclic amines) is 1. The van der Waals surface area contributed by atoms with Gasteiger partial charge in [-0.1, -0.05) is 41.2 Å². The van der Waals surface area contributed by atoms with E-state index in [-0.39, 0.29) is 12.6 Å². The van der Waals surface area contributed by atoms with Crippen molar-refractivity contribution < 1.29 is 14.7 Å². The first kappa shape index (κ1) is 17.3. The van der Waals surface area contributed by atoms with Gasteiger partial charge in [-0.2, -0.15) is 0 Å². The average molecular weight is 360 g/mol. The third-order valence-electron chi connectivity index (χ3n) is 4.21. The second-order valence-electron chi connectivity index (χ2n) is 6.22. The minimum Gasteiger partial charge on any atom is -0.481 e. The van der Waals surface area contributed by atoms with Crippen LogP contribution in [0.4, 0.5) is 9.93 Å². The Labute approximate surface area is 149 Å². The number of rotatable bonds is 4. The van der Waals surface area contributed by atoms with Crippen LogP contribution in [0.25, 0.3) is 0 Å². The fourth-order valence-corrected chi connectivity index (χ4v) is 3.55. The SMILES string of the molecule is Cc1ccc(Cc2nnc(NC(=O)N3CCCC(C(=O)O)C3)s2)cc1. The molecule has 7 nitrogen and oxygen atoms in total. The number of hydrogen-bond acceptors (Lipinski definition) is 5. The van der Waals surface area contributed by atoms with Crippen LogP contribution in [-0.2, 0) is 11.2 Å². The lowest BCUT2D eigenvalue weighted by Crippen LogP contribution is -2.44. The summed E-state index contributed by atoms with van der Waals surface area (Å²) in [5.41, 5.74) is 2.34. The highest BCUT2D eigenvalue weighted by atomic mass is 32.1. The molecule has 1 atom stereocenters. The number of aliphatic carboxylic acids is 1. The fourth-order valence-electron chi connectivity index (χ4n) is 2.79. The van der Waals surface area contributed by atoms with Crippen molar-refractivity contribution in [3.63, 3.8) is 0 Å². The molecule has 1 saturated heterocycles. The first-order chi connectivity index (χ1) is 12.0. The largest absolute Gasteiger partial charge is 0.481 e. The Hall–Kier alpha value is -2.48. The zero-order valence-electron chi connectivity index (χ0n) is 13.9. The molecule has 1 aliphatic heterocycles. The van der Waals surface area contributed by atoms with Gasteiger partial charge >= 0.3 is 12.0 Å². The number of piperidine rings is 1. The molecule has 2 aromatic rings. The number of hydrogen-bond donors (Lipinski definition) is 2. The van der Waals surface area contributed by atoms with E-state index in [0.717, 1.165) is 10.6 Å². The van der Waals surface area contributed by atoms with E-state index in [1.54, 1.807) is 0 Å². The van der Waals surface area contributed by atoms with Crippen molar-refractivity contribution in [2.24, 2.45) is 5.92 Å². The molecule has 1 fully saturated rings. The first-order valence-electron chi connectivity index (χ1n) is 8.18. The summed E-state index contributed by atoms with van der Waals surface area (Å²) >= 11 is 1.33. The minimum atomic E-state index is -0.853. The molecule has 0 bridgehead atoms. The van der Waals surface area contributed by atoms with Gasteiger partial charge in [-0.05, 0) is 25.3 Å². The van der Waals surface area contributed by atoms with E-state index in [4.69, 9.17) is 5.11 Å². The molecule has 0 radical (unpaired) electrons. The van der Waals surface area contributed by atoms with Crippen LogP contribution >= 0.6 is 11.3 Å². The van der Waals surface area contributed by atoms with E-state index in [9.17, 15) is 9.59 Å². The lowest BCUT2D eigenvalue weighted by Gasteiger charge is -2.30. The van der Waals surface area contributed by atoms with Crippen molar-refractivity contribution in [3.05, 3.63) is 40.4 Å². The lowest BCUT2D eigenvalue weighted by atomic mass is 9.99. The highest BCUT2D eigenvalue weighted by Gasteiger charge is 2.28. The molecule has 2 amide bonds. The maximum atomic E-state index is 12.3. The van der Waals surface area contributed by atoms with Crippen molar-refractivity contribution in [1.29, 1.82) is 0 Å². The van der Waals surface area contributed by atoms with Crippen LogP contribution in [0.3, 0.4) is 0 Å². The summed E-state index contributed by atoms with van der Waals surface area (Å²) in [6.45, 7) is 2.83. The number of nitrogens with one attached hydrogen (secondary N) is 1. The molecule has 8 heteroatoms. The number of amides is 2. The zero-order chi connectivity index (χ0) is 17.8. The maximum absolute atomic E-state index is 12.3. The van der Waals surface area contributed by atoms with Crippen LogP contribution < -0.4 is 5.32 Å². The molecular formula is C17H20N4O3S. The van der Waals surface area contributed by atoms with E-state index in [1.807, 2.05) is 19.1 Å². The van der Waals surface area contributed by atoms with E-state index in [0.29, 0.717) is 30.9 Å².